The maximum atomic E-state index is 13.6. The average molecular weight is 507 g/mol. The molecule has 0 saturated carbocycles. The summed E-state index contributed by atoms with van der Waals surface area (Å²) in [7, 11) is -7.93. The van der Waals surface area contributed by atoms with Gasteiger partial charge in [0.15, 0.2) is 0 Å². The number of fused-ring (bicyclic) bond motifs is 2. The number of amides is 1. The van der Waals surface area contributed by atoms with Crippen LogP contribution in [0.2, 0.25) is 0 Å². The summed E-state index contributed by atoms with van der Waals surface area (Å²) in [6.45, 7) is 6.21. The van der Waals surface area contributed by atoms with Gasteiger partial charge in [-0.15, -0.1) is 0 Å². The molecule has 4 rings (SSSR count). The van der Waals surface area contributed by atoms with Crippen LogP contribution in [0.1, 0.15) is 56.2 Å². The zero-order chi connectivity index (χ0) is 24.9. The molecule has 0 unspecified atom stereocenters. The van der Waals surface area contributed by atoms with Crippen molar-refractivity contribution >= 4 is 26.0 Å². The predicted molar refractivity (Wildman–Crippen MR) is 127 cm³/mol. The fraction of sp³-hybridized carbons (Fsp3) is 0.458. The number of sulfonamides is 1. The Morgan fingerprint density at radius 3 is 2.29 bits per heavy atom. The Hall–Kier alpha value is -2.43. The molecule has 184 valence electrons. The average Bonchev–Trinajstić information content (AvgIpc) is 2.80. The summed E-state index contributed by atoms with van der Waals surface area (Å²) in [6.07, 6.45) is 1.04. The molecule has 0 aromatic heterocycles. The Morgan fingerprint density at radius 2 is 1.71 bits per heavy atom. The van der Waals surface area contributed by atoms with E-state index in [1.54, 1.807) is 25.1 Å². The number of hydrogen-bond donors (Lipinski definition) is 2. The lowest BCUT2D eigenvalue weighted by molar-refractivity contribution is 0.131. The number of rotatable bonds is 5. The maximum Gasteiger partial charge on any atom is 0.407 e. The second kappa shape index (κ2) is 8.66. The van der Waals surface area contributed by atoms with Crippen molar-refractivity contribution in [3.63, 3.8) is 0 Å². The molecular formula is C24H30N2O6S2. The molecular weight excluding hydrogens is 476 g/mol. The van der Waals surface area contributed by atoms with Crippen molar-refractivity contribution in [2.75, 3.05) is 13.1 Å². The first-order chi connectivity index (χ1) is 16.0. The van der Waals surface area contributed by atoms with Gasteiger partial charge in [0, 0.05) is 24.5 Å². The molecule has 2 aromatic carbocycles. The lowest BCUT2D eigenvalue weighted by atomic mass is 9.70. The van der Waals surface area contributed by atoms with Gasteiger partial charge in [0.1, 0.15) is 0 Å². The largest absolute Gasteiger partial charge is 0.465 e. The van der Waals surface area contributed by atoms with Crippen LogP contribution >= 0.6 is 0 Å². The van der Waals surface area contributed by atoms with Gasteiger partial charge in [-0.3, -0.25) is 0 Å². The summed E-state index contributed by atoms with van der Waals surface area (Å²) in [5, 5.41) is 9.12. The molecule has 1 saturated heterocycles. The van der Waals surface area contributed by atoms with E-state index in [0.717, 1.165) is 5.56 Å². The third-order valence-electron chi connectivity index (χ3n) is 7.36. The summed E-state index contributed by atoms with van der Waals surface area (Å²) in [6, 6.07) is 9.59. The van der Waals surface area contributed by atoms with E-state index in [-0.39, 0.29) is 27.8 Å². The van der Waals surface area contributed by atoms with Crippen molar-refractivity contribution in [3.05, 3.63) is 53.1 Å². The predicted octanol–water partition coefficient (Wildman–Crippen LogP) is 3.67. The summed E-state index contributed by atoms with van der Waals surface area (Å²) in [5.74, 6) is 0. The minimum absolute atomic E-state index is 0.0431. The zero-order valence-corrected chi connectivity index (χ0v) is 21.2. The van der Waals surface area contributed by atoms with Crippen molar-refractivity contribution in [1.82, 2.24) is 9.62 Å². The normalized spacial score (nSPS) is 19.3. The summed E-state index contributed by atoms with van der Waals surface area (Å²) in [4.78, 5) is 12.6. The quantitative estimate of drug-likeness (QED) is 0.638. The molecule has 0 bridgehead atoms. The number of piperidine rings is 1. The molecule has 0 radical (unpaired) electrons. The SMILES string of the molecule is CCC1(CC)c2ccccc2S(=O)(=O)c2cc(S(=O)(=O)NC3CCN(C(=O)O)CC3)c(C)cc21. The van der Waals surface area contributed by atoms with Gasteiger partial charge in [-0.05, 0) is 61.4 Å². The molecule has 0 atom stereocenters. The Balaban J connectivity index is 1.79. The number of hydrogen-bond acceptors (Lipinski definition) is 5. The van der Waals surface area contributed by atoms with Crippen LogP contribution in [-0.2, 0) is 25.3 Å². The molecule has 1 fully saturated rings. The Labute approximate surface area is 201 Å². The lowest BCUT2D eigenvalue weighted by Gasteiger charge is -2.40. The van der Waals surface area contributed by atoms with Gasteiger partial charge in [0.2, 0.25) is 19.9 Å². The third kappa shape index (κ3) is 3.81. The van der Waals surface area contributed by atoms with Gasteiger partial charge >= 0.3 is 6.09 Å². The van der Waals surface area contributed by atoms with Crippen LogP contribution in [-0.4, -0.2) is 52.1 Å². The number of carboxylic acid groups (broad SMARTS) is 1. The lowest BCUT2D eigenvalue weighted by Crippen LogP contribution is -2.46. The minimum Gasteiger partial charge on any atom is -0.465 e. The molecule has 2 aliphatic rings. The van der Waals surface area contributed by atoms with Gasteiger partial charge in [0.25, 0.3) is 0 Å². The third-order valence-corrected chi connectivity index (χ3v) is 10.9. The fourth-order valence-corrected chi connectivity index (χ4v) is 8.89. The highest BCUT2D eigenvalue weighted by Crippen LogP contribution is 2.50. The van der Waals surface area contributed by atoms with Gasteiger partial charge in [-0.1, -0.05) is 38.1 Å². The van der Waals surface area contributed by atoms with E-state index in [0.29, 0.717) is 36.8 Å². The Kier molecular flexibility index (Phi) is 6.28. The van der Waals surface area contributed by atoms with Crippen LogP contribution in [0.3, 0.4) is 0 Å². The van der Waals surface area contributed by atoms with Crippen LogP contribution in [0.15, 0.2) is 51.1 Å². The zero-order valence-electron chi connectivity index (χ0n) is 19.5. The number of likely N-dealkylation sites (tertiary alicyclic amines) is 1. The molecule has 8 nitrogen and oxygen atoms in total. The van der Waals surface area contributed by atoms with Gasteiger partial charge in [-0.2, -0.15) is 0 Å². The highest BCUT2D eigenvalue weighted by Gasteiger charge is 2.45. The van der Waals surface area contributed by atoms with Crippen LogP contribution in [0.25, 0.3) is 0 Å². The van der Waals surface area contributed by atoms with E-state index < -0.39 is 37.4 Å². The van der Waals surface area contributed by atoms with Crippen LogP contribution in [0, 0.1) is 6.92 Å². The molecule has 0 spiro atoms. The summed E-state index contributed by atoms with van der Waals surface area (Å²) in [5.41, 5.74) is 1.35. The van der Waals surface area contributed by atoms with E-state index in [9.17, 15) is 21.6 Å². The van der Waals surface area contributed by atoms with E-state index in [2.05, 4.69) is 4.72 Å². The summed E-state index contributed by atoms with van der Waals surface area (Å²) < 4.78 is 56.6. The highest BCUT2D eigenvalue weighted by molar-refractivity contribution is 7.92. The summed E-state index contributed by atoms with van der Waals surface area (Å²) >= 11 is 0. The van der Waals surface area contributed by atoms with Crippen molar-refractivity contribution in [2.24, 2.45) is 0 Å². The second-order valence-corrected chi connectivity index (χ2v) is 12.6. The molecule has 2 aromatic rings. The topological polar surface area (TPSA) is 121 Å². The van der Waals surface area contributed by atoms with Crippen LogP contribution in [0.5, 0.6) is 0 Å². The molecule has 2 N–H and O–H groups in total. The number of aryl methyl sites for hydroxylation is 1. The van der Waals surface area contributed by atoms with E-state index in [4.69, 9.17) is 5.11 Å². The monoisotopic (exact) mass is 506 g/mol. The number of sulfone groups is 1. The number of nitrogens with one attached hydrogen (secondary N) is 1. The molecule has 2 aliphatic heterocycles. The van der Waals surface area contributed by atoms with Gasteiger partial charge < -0.3 is 10.0 Å². The first-order valence-corrected chi connectivity index (χ1v) is 14.4. The van der Waals surface area contributed by atoms with Crippen molar-refractivity contribution in [1.29, 1.82) is 0 Å². The Bertz CT molecular complexity index is 1340. The van der Waals surface area contributed by atoms with Crippen LogP contribution < -0.4 is 4.72 Å². The van der Waals surface area contributed by atoms with E-state index >= 15 is 0 Å². The first kappa shape index (κ1) is 24.7. The molecule has 1 amide bonds. The van der Waals surface area contributed by atoms with Crippen molar-refractivity contribution < 1.29 is 26.7 Å². The maximum absolute atomic E-state index is 13.6. The smallest absolute Gasteiger partial charge is 0.407 e. The molecule has 10 heteroatoms. The fourth-order valence-electron chi connectivity index (χ4n) is 5.40. The second-order valence-electron chi connectivity index (χ2n) is 9.07. The molecule has 2 heterocycles. The van der Waals surface area contributed by atoms with Gasteiger partial charge in [0.05, 0.1) is 14.7 Å². The first-order valence-electron chi connectivity index (χ1n) is 11.5. The highest BCUT2D eigenvalue weighted by atomic mass is 32.2. The molecule has 34 heavy (non-hydrogen) atoms. The van der Waals surface area contributed by atoms with Crippen LogP contribution in [0.4, 0.5) is 4.79 Å². The minimum atomic E-state index is -4.02. The Morgan fingerprint density at radius 1 is 1.09 bits per heavy atom. The van der Waals surface area contributed by atoms with Crippen molar-refractivity contribution in [3.8, 4) is 0 Å². The standard InChI is InChI=1S/C24H30N2O6S2/c1-4-24(5-2)18-8-6-7-9-20(18)33(29,30)22-15-21(16(3)14-19(22)24)34(31,32)25-17-10-12-26(13-11-17)23(27)28/h6-9,14-15,17,25H,4-5,10-13H2,1-3H3,(H,27,28). The molecule has 0 aliphatic carbocycles. The number of nitrogens with zero attached hydrogens (tertiary/aromatic N) is 1. The van der Waals surface area contributed by atoms with Crippen molar-refractivity contribution in [2.45, 2.75) is 72.6 Å². The van der Waals surface area contributed by atoms with E-state index in [1.165, 1.54) is 11.0 Å². The van der Waals surface area contributed by atoms with E-state index in [1.807, 2.05) is 26.0 Å². The van der Waals surface area contributed by atoms with Gasteiger partial charge in [-0.25, -0.2) is 26.4 Å². The number of carbonyl (C=O) groups is 1. The number of benzene rings is 2.